The molecule has 2 atom stereocenters. The van der Waals surface area contributed by atoms with Crippen LogP contribution >= 0.6 is 0 Å². The summed E-state index contributed by atoms with van der Waals surface area (Å²) in [7, 11) is 2.84. The minimum absolute atomic E-state index is 0.427. The van der Waals surface area contributed by atoms with E-state index in [1.54, 1.807) is 7.11 Å². The topological polar surface area (TPSA) is 93.3 Å². The first kappa shape index (κ1) is 15.1. The van der Waals surface area contributed by atoms with Crippen molar-refractivity contribution >= 4 is 17.7 Å². The summed E-state index contributed by atoms with van der Waals surface area (Å²) in [6, 6.07) is 7.31. The van der Waals surface area contributed by atoms with Crippen LogP contribution < -0.4 is 10.1 Å². The van der Waals surface area contributed by atoms with Crippen molar-refractivity contribution in [3.05, 3.63) is 41.1 Å². The molecule has 1 aliphatic heterocycles. The molecular weight excluding hydrogens is 298 g/mol. The lowest BCUT2D eigenvalue weighted by Crippen LogP contribution is -2.39. The lowest BCUT2D eigenvalue weighted by molar-refractivity contribution is -0.149. The maximum atomic E-state index is 12.4. The molecule has 0 saturated carbocycles. The van der Waals surface area contributed by atoms with Crippen molar-refractivity contribution in [2.24, 2.45) is 5.92 Å². The Bertz CT molecular complexity index is 768. The van der Waals surface area contributed by atoms with E-state index in [-0.39, 0.29) is 0 Å². The van der Waals surface area contributed by atoms with E-state index in [1.807, 2.05) is 31.2 Å². The van der Waals surface area contributed by atoms with Crippen LogP contribution in [0.15, 0.2) is 24.3 Å². The molecule has 1 aromatic heterocycles. The molecule has 2 unspecified atom stereocenters. The first-order chi connectivity index (χ1) is 11.1. The molecule has 2 N–H and O–H groups in total. The zero-order valence-corrected chi connectivity index (χ0v) is 13.0. The lowest BCUT2D eigenvalue weighted by atomic mass is 9.77. The molecule has 3 rings (SSSR count). The quantitative estimate of drug-likeness (QED) is 0.663. The average Bonchev–Trinajstić information content (AvgIpc) is 2.93. The Balaban J connectivity index is 2.19. The first-order valence-electron chi connectivity index (χ1n) is 7.14. The predicted octanol–water partition coefficient (Wildman–Crippen LogP) is 1.60. The zero-order chi connectivity index (χ0) is 16.6. The fraction of sp³-hybridized carbons (Fsp3) is 0.312. The molecule has 7 nitrogen and oxygen atoms in total. The summed E-state index contributed by atoms with van der Waals surface area (Å²) >= 11 is 0. The highest BCUT2D eigenvalue weighted by Gasteiger charge is 2.44. The Hall–Kier alpha value is -2.83. The van der Waals surface area contributed by atoms with Gasteiger partial charge in [-0.05, 0) is 24.6 Å². The third kappa shape index (κ3) is 2.44. The number of H-pyrrole nitrogens is 1. The van der Waals surface area contributed by atoms with Crippen LogP contribution in [0, 0.1) is 12.8 Å². The molecule has 0 bridgehead atoms. The van der Waals surface area contributed by atoms with Crippen molar-refractivity contribution in [3.63, 3.8) is 0 Å². The van der Waals surface area contributed by atoms with Crippen molar-refractivity contribution in [2.45, 2.75) is 12.8 Å². The number of ether oxygens (including phenoxy) is 2. The van der Waals surface area contributed by atoms with Gasteiger partial charge in [-0.3, -0.25) is 14.7 Å². The number of aryl methyl sites for hydroxylation is 1. The van der Waals surface area contributed by atoms with E-state index in [0.29, 0.717) is 11.6 Å². The molecule has 2 heterocycles. The Labute approximate surface area is 133 Å². The Morgan fingerprint density at radius 3 is 2.78 bits per heavy atom. The smallest absolute Gasteiger partial charge is 0.319 e. The summed E-state index contributed by atoms with van der Waals surface area (Å²) in [5, 5.41) is 9.62. The average molecular weight is 315 g/mol. The molecule has 1 aliphatic rings. The maximum Gasteiger partial charge on any atom is 0.319 e. The standard InChI is InChI=1S/C16H17N3O4/c1-8-11-12(9-5-4-6-10(7-9)22-2)13(16(21)23-3)15(20)17-14(11)19-18-8/h4-7,12-13H,1-3H3,(H2,17,18,19,20). The molecule has 0 saturated heterocycles. The number of carbonyl (C=O) groups excluding carboxylic acids is 2. The Kier molecular flexibility index (Phi) is 3.77. The molecule has 1 aromatic carbocycles. The van der Waals surface area contributed by atoms with Crippen molar-refractivity contribution < 1.29 is 19.1 Å². The van der Waals surface area contributed by atoms with Gasteiger partial charge in [-0.15, -0.1) is 0 Å². The van der Waals surface area contributed by atoms with Crippen LogP contribution in [0.2, 0.25) is 0 Å². The third-order valence-corrected chi connectivity index (χ3v) is 4.07. The summed E-state index contributed by atoms with van der Waals surface area (Å²) in [4.78, 5) is 24.6. The maximum absolute atomic E-state index is 12.4. The van der Waals surface area contributed by atoms with E-state index < -0.39 is 23.7 Å². The largest absolute Gasteiger partial charge is 0.497 e. The lowest BCUT2D eigenvalue weighted by Gasteiger charge is -2.29. The van der Waals surface area contributed by atoms with E-state index in [1.165, 1.54) is 7.11 Å². The van der Waals surface area contributed by atoms with Crippen LogP contribution in [0.25, 0.3) is 0 Å². The molecular formula is C16H17N3O4. The molecule has 2 aromatic rings. The van der Waals surface area contributed by atoms with Gasteiger partial charge in [0, 0.05) is 17.2 Å². The van der Waals surface area contributed by atoms with Gasteiger partial charge in [-0.25, -0.2) is 0 Å². The third-order valence-electron chi connectivity index (χ3n) is 4.07. The van der Waals surface area contributed by atoms with E-state index in [0.717, 1.165) is 16.8 Å². The molecule has 23 heavy (non-hydrogen) atoms. The Morgan fingerprint density at radius 1 is 1.30 bits per heavy atom. The van der Waals surface area contributed by atoms with Gasteiger partial charge in [-0.1, -0.05) is 12.1 Å². The van der Waals surface area contributed by atoms with E-state index in [2.05, 4.69) is 15.5 Å². The van der Waals surface area contributed by atoms with Gasteiger partial charge in [0.1, 0.15) is 11.7 Å². The number of aromatic nitrogens is 2. The van der Waals surface area contributed by atoms with Gasteiger partial charge in [0.2, 0.25) is 5.91 Å². The second-order valence-corrected chi connectivity index (χ2v) is 5.36. The van der Waals surface area contributed by atoms with Crippen LogP contribution in [0.4, 0.5) is 5.82 Å². The van der Waals surface area contributed by atoms with E-state index in [4.69, 9.17) is 9.47 Å². The number of hydrogen-bond acceptors (Lipinski definition) is 5. The van der Waals surface area contributed by atoms with Crippen LogP contribution in [0.3, 0.4) is 0 Å². The van der Waals surface area contributed by atoms with Crippen LogP contribution in [0.1, 0.15) is 22.7 Å². The van der Waals surface area contributed by atoms with E-state index in [9.17, 15) is 9.59 Å². The molecule has 7 heteroatoms. The second kappa shape index (κ2) is 5.75. The number of esters is 1. The number of nitrogens with one attached hydrogen (secondary N) is 2. The summed E-state index contributed by atoms with van der Waals surface area (Å²) in [6.07, 6.45) is 0. The summed E-state index contributed by atoms with van der Waals surface area (Å²) < 4.78 is 10.1. The van der Waals surface area contributed by atoms with E-state index >= 15 is 0 Å². The first-order valence-corrected chi connectivity index (χ1v) is 7.14. The van der Waals surface area contributed by atoms with Gasteiger partial charge >= 0.3 is 5.97 Å². The summed E-state index contributed by atoms with van der Waals surface area (Å²) in [5.74, 6) is -1.37. The minimum Gasteiger partial charge on any atom is -0.497 e. The number of anilines is 1. The number of fused-ring (bicyclic) bond motifs is 1. The number of methoxy groups -OCH3 is 2. The molecule has 1 amide bonds. The molecule has 0 aliphatic carbocycles. The highest BCUT2D eigenvalue weighted by Crippen LogP contribution is 2.42. The minimum atomic E-state index is -0.976. The van der Waals surface area contributed by atoms with Gasteiger partial charge in [0.15, 0.2) is 5.82 Å². The number of amides is 1. The van der Waals surface area contributed by atoms with Crippen LogP contribution in [-0.4, -0.2) is 36.3 Å². The Morgan fingerprint density at radius 2 is 2.09 bits per heavy atom. The monoisotopic (exact) mass is 315 g/mol. The number of benzene rings is 1. The van der Waals surface area contributed by atoms with Crippen molar-refractivity contribution in [2.75, 3.05) is 19.5 Å². The number of hydrogen-bond donors (Lipinski definition) is 2. The zero-order valence-electron chi connectivity index (χ0n) is 13.0. The van der Waals surface area contributed by atoms with Crippen molar-refractivity contribution in [1.29, 1.82) is 0 Å². The fourth-order valence-corrected chi connectivity index (χ4v) is 2.99. The highest BCUT2D eigenvalue weighted by molar-refractivity contribution is 6.08. The van der Waals surface area contributed by atoms with Crippen molar-refractivity contribution in [1.82, 2.24) is 10.2 Å². The van der Waals surface area contributed by atoms with Gasteiger partial charge < -0.3 is 14.8 Å². The van der Waals surface area contributed by atoms with Gasteiger partial charge in [0.25, 0.3) is 0 Å². The highest BCUT2D eigenvalue weighted by atomic mass is 16.5. The van der Waals surface area contributed by atoms with Crippen LogP contribution in [-0.2, 0) is 14.3 Å². The SMILES string of the molecule is COC(=O)C1C(=O)Nc2n[nH]c(C)c2C1c1cccc(OC)c1. The predicted molar refractivity (Wildman–Crippen MR) is 82.3 cm³/mol. The molecule has 0 radical (unpaired) electrons. The summed E-state index contributed by atoms with van der Waals surface area (Å²) in [5.41, 5.74) is 2.37. The number of rotatable bonds is 3. The van der Waals surface area contributed by atoms with Crippen molar-refractivity contribution in [3.8, 4) is 5.75 Å². The molecule has 0 spiro atoms. The number of nitrogens with zero attached hydrogens (tertiary/aromatic N) is 1. The normalized spacial score (nSPS) is 19.7. The van der Waals surface area contributed by atoms with Gasteiger partial charge in [-0.2, -0.15) is 5.10 Å². The molecule has 120 valence electrons. The fourth-order valence-electron chi connectivity index (χ4n) is 2.99. The number of carbonyl (C=O) groups is 2. The number of aromatic amines is 1. The second-order valence-electron chi connectivity index (χ2n) is 5.36. The van der Waals surface area contributed by atoms with Gasteiger partial charge in [0.05, 0.1) is 14.2 Å². The summed E-state index contributed by atoms with van der Waals surface area (Å²) in [6.45, 7) is 1.85. The molecule has 0 fully saturated rings. The van der Waals surface area contributed by atoms with Crippen LogP contribution in [0.5, 0.6) is 5.75 Å².